The molecule has 0 bridgehead atoms. The number of hydrogen-bond donors (Lipinski definition) is 2. The van der Waals surface area contributed by atoms with Crippen LogP contribution in [0.25, 0.3) is 0 Å². The molecule has 0 saturated carbocycles. The average Bonchev–Trinajstić information content (AvgIpc) is 2.10. The fourth-order valence-electron chi connectivity index (χ4n) is 1.10. The van der Waals surface area contributed by atoms with E-state index in [4.69, 9.17) is 0 Å². The molecule has 0 fully saturated rings. The van der Waals surface area contributed by atoms with E-state index >= 15 is 0 Å². The van der Waals surface area contributed by atoms with E-state index in [0.29, 0.717) is 0 Å². The first-order valence-electron chi connectivity index (χ1n) is 4.02. The minimum Gasteiger partial charge on any atom is -0.309 e. The highest BCUT2D eigenvalue weighted by Gasteiger charge is 1.98. The van der Waals surface area contributed by atoms with Crippen molar-refractivity contribution in [2.24, 2.45) is 0 Å². The first kappa shape index (κ1) is 9.42. The molecule has 1 N–H and O–H groups in total. The van der Waals surface area contributed by atoms with Crippen LogP contribution in [-0.4, -0.2) is 13.6 Å². The van der Waals surface area contributed by atoms with Crippen molar-refractivity contribution in [2.45, 2.75) is 11.8 Å². The molecule has 0 unspecified atom stereocenters. The molecule has 66 valence electrons. The Morgan fingerprint density at radius 3 is 2.33 bits per heavy atom. The zero-order chi connectivity index (χ0) is 8.97. The van der Waals surface area contributed by atoms with Gasteiger partial charge in [-0.15, -0.1) is 12.6 Å². The van der Waals surface area contributed by atoms with Gasteiger partial charge >= 0.3 is 0 Å². The normalized spacial score (nSPS) is 9.92. The number of anilines is 1. The van der Waals surface area contributed by atoms with Crippen LogP contribution in [0.2, 0.25) is 0 Å². The van der Waals surface area contributed by atoms with Crippen molar-refractivity contribution in [3.63, 3.8) is 0 Å². The summed E-state index contributed by atoms with van der Waals surface area (Å²) in [6.07, 6.45) is 0. The molecule has 1 rings (SSSR count). The van der Waals surface area contributed by atoms with Crippen LogP contribution in [0.4, 0.5) is 5.69 Å². The highest BCUT2D eigenvalue weighted by Crippen LogP contribution is 2.14. The number of thiol groups is 1. The van der Waals surface area contributed by atoms with Crippen molar-refractivity contribution >= 4 is 18.3 Å². The van der Waals surface area contributed by atoms with Crippen LogP contribution in [0, 0.1) is 0 Å². The summed E-state index contributed by atoms with van der Waals surface area (Å²) in [5, 5.41) is 2.06. The Morgan fingerprint density at radius 1 is 1.33 bits per heavy atom. The van der Waals surface area contributed by atoms with Crippen molar-refractivity contribution < 1.29 is 0 Å². The quantitative estimate of drug-likeness (QED) is 0.548. The Labute approximate surface area is 79.0 Å². The van der Waals surface area contributed by atoms with Crippen LogP contribution < -0.4 is 10.4 Å². The zero-order valence-electron chi connectivity index (χ0n) is 7.41. The summed E-state index contributed by atoms with van der Waals surface area (Å²) in [6, 6.07) is 8.06. The maximum Gasteiger partial charge on any atom is 0.0520 e. The predicted molar refractivity (Wildman–Crippen MR) is 55.8 cm³/mol. The standard InChI is InChI=1S/C9H14N2S/c1-3-11(10-2)8-4-6-9(12)7-5-8/h4-7,10,12H,3H2,1-2H3. The number of hydrazine groups is 1. The molecule has 0 spiro atoms. The van der Waals surface area contributed by atoms with Crippen molar-refractivity contribution in [3.05, 3.63) is 24.3 Å². The second-order valence-corrected chi connectivity index (χ2v) is 3.00. The maximum absolute atomic E-state index is 4.22. The van der Waals surface area contributed by atoms with Gasteiger partial charge in [0, 0.05) is 18.5 Å². The van der Waals surface area contributed by atoms with E-state index in [2.05, 4.69) is 30.0 Å². The summed E-state index contributed by atoms with van der Waals surface area (Å²) < 4.78 is 0. The number of benzene rings is 1. The molecule has 3 heteroatoms. The fraction of sp³-hybridized carbons (Fsp3) is 0.333. The van der Waals surface area contributed by atoms with Gasteiger partial charge in [-0.25, -0.2) is 5.43 Å². The number of nitrogens with zero attached hydrogens (tertiary/aromatic N) is 1. The Morgan fingerprint density at radius 2 is 1.92 bits per heavy atom. The average molecular weight is 182 g/mol. The minimum absolute atomic E-state index is 0.947. The molecule has 0 radical (unpaired) electrons. The number of rotatable bonds is 3. The molecule has 0 amide bonds. The molecule has 0 aliphatic heterocycles. The van der Waals surface area contributed by atoms with Gasteiger partial charge in [0.15, 0.2) is 0 Å². The molecule has 2 nitrogen and oxygen atoms in total. The largest absolute Gasteiger partial charge is 0.309 e. The van der Waals surface area contributed by atoms with E-state index in [1.807, 2.05) is 31.3 Å². The van der Waals surface area contributed by atoms with Gasteiger partial charge in [-0.1, -0.05) is 0 Å². The molecule has 0 saturated heterocycles. The maximum atomic E-state index is 4.22. The number of nitrogens with one attached hydrogen (secondary N) is 1. The third-order valence-corrected chi connectivity index (χ3v) is 2.05. The van der Waals surface area contributed by atoms with E-state index in [1.165, 1.54) is 0 Å². The van der Waals surface area contributed by atoms with Gasteiger partial charge in [0.05, 0.1) is 5.69 Å². The van der Waals surface area contributed by atoms with Gasteiger partial charge in [0.2, 0.25) is 0 Å². The lowest BCUT2D eigenvalue weighted by atomic mass is 10.3. The van der Waals surface area contributed by atoms with E-state index in [-0.39, 0.29) is 0 Å². The van der Waals surface area contributed by atoms with Crippen LogP contribution in [0.15, 0.2) is 29.2 Å². The summed E-state index contributed by atoms with van der Waals surface area (Å²) >= 11 is 4.22. The highest BCUT2D eigenvalue weighted by atomic mass is 32.1. The van der Waals surface area contributed by atoms with Crippen LogP contribution in [0.3, 0.4) is 0 Å². The lowest BCUT2D eigenvalue weighted by molar-refractivity contribution is 0.726. The van der Waals surface area contributed by atoms with Gasteiger partial charge in [-0.2, -0.15) is 0 Å². The second-order valence-electron chi connectivity index (χ2n) is 2.48. The van der Waals surface area contributed by atoms with E-state index in [9.17, 15) is 0 Å². The Kier molecular flexibility index (Phi) is 3.44. The van der Waals surface area contributed by atoms with Crippen molar-refractivity contribution in [1.29, 1.82) is 0 Å². The number of hydrogen-bond acceptors (Lipinski definition) is 3. The van der Waals surface area contributed by atoms with Gasteiger partial charge in [-0.05, 0) is 31.2 Å². The third kappa shape index (κ3) is 2.16. The molecule has 1 aromatic rings. The van der Waals surface area contributed by atoms with Gasteiger partial charge in [0.25, 0.3) is 0 Å². The second kappa shape index (κ2) is 4.38. The van der Waals surface area contributed by atoms with Crippen LogP contribution in [-0.2, 0) is 0 Å². The first-order valence-corrected chi connectivity index (χ1v) is 4.46. The predicted octanol–water partition coefficient (Wildman–Crippen LogP) is 1.94. The lowest BCUT2D eigenvalue weighted by Crippen LogP contribution is -2.34. The summed E-state index contributed by atoms with van der Waals surface area (Å²) in [7, 11) is 1.91. The highest BCUT2D eigenvalue weighted by molar-refractivity contribution is 7.80. The summed E-state index contributed by atoms with van der Waals surface area (Å²) in [6.45, 7) is 3.05. The van der Waals surface area contributed by atoms with Crippen molar-refractivity contribution in [2.75, 3.05) is 18.6 Å². The summed E-state index contributed by atoms with van der Waals surface area (Å²) in [5.41, 5.74) is 4.26. The first-order chi connectivity index (χ1) is 5.77. The molecule has 0 aliphatic carbocycles. The SMILES string of the molecule is CCN(NC)c1ccc(S)cc1. The van der Waals surface area contributed by atoms with Gasteiger partial charge < -0.3 is 5.01 Å². The van der Waals surface area contributed by atoms with E-state index in [1.54, 1.807) is 0 Å². The molecular weight excluding hydrogens is 168 g/mol. The van der Waals surface area contributed by atoms with E-state index in [0.717, 1.165) is 17.1 Å². The fourth-order valence-corrected chi connectivity index (χ4v) is 1.25. The molecule has 0 aliphatic rings. The van der Waals surface area contributed by atoms with E-state index < -0.39 is 0 Å². The molecule has 0 aromatic heterocycles. The zero-order valence-corrected chi connectivity index (χ0v) is 8.31. The minimum atomic E-state index is 0.947. The Bertz CT molecular complexity index is 229. The monoisotopic (exact) mass is 182 g/mol. The molecule has 1 aromatic carbocycles. The van der Waals surface area contributed by atoms with Crippen molar-refractivity contribution in [3.8, 4) is 0 Å². The Hall–Kier alpha value is -0.670. The Balaban J connectivity index is 2.80. The summed E-state index contributed by atoms with van der Waals surface area (Å²) in [5.74, 6) is 0. The van der Waals surface area contributed by atoms with Gasteiger partial charge in [0.1, 0.15) is 0 Å². The summed E-state index contributed by atoms with van der Waals surface area (Å²) in [4.78, 5) is 0.992. The van der Waals surface area contributed by atoms with Crippen molar-refractivity contribution in [1.82, 2.24) is 5.43 Å². The molecule has 0 heterocycles. The smallest absolute Gasteiger partial charge is 0.0520 e. The van der Waals surface area contributed by atoms with Crippen LogP contribution >= 0.6 is 12.6 Å². The molecule has 0 atom stereocenters. The third-order valence-electron chi connectivity index (χ3n) is 1.75. The topological polar surface area (TPSA) is 15.3 Å². The molecular formula is C9H14N2S. The lowest BCUT2D eigenvalue weighted by Gasteiger charge is -2.21. The van der Waals surface area contributed by atoms with Gasteiger partial charge in [-0.3, -0.25) is 0 Å². The van der Waals surface area contributed by atoms with Crippen LogP contribution in [0.1, 0.15) is 6.92 Å². The van der Waals surface area contributed by atoms with Crippen LogP contribution in [0.5, 0.6) is 0 Å². The molecule has 12 heavy (non-hydrogen) atoms.